The predicted molar refractivity (Wildman–Crippen MR) is 103 cm³/mol. The summed E-state index contributed by atoms with van der Waals surface area (Å²) in [5.74, 6) is -0.866. The number of hydroxylamine groups is 1. The smallest absolute Gasteiger partial charge is 0.266 e. The molecule has 0 spiro atoms. The molecule has 6 nitrogen and oxygen atoms in total. The van der Waals surface area contributed by atoms with Crippen LogP contribution in [-0.4, -0.2) is 17.9 Å². The first-order valence-corrected chi connectivity index (χ1v) is 9.21. The Balaban J connectivity index is 1.56. The third-order valence-electron chi connectivity index (χ3n) is 5.05. The molecular weight excluding hydrogens is 380 g/mol. The quantitative estimate of drug-likeness (QED) is 0.629. The number of nitrogens with zero attached hydrogens (tertiary/aromatic N) is 2. The van der Waals surface area contributed by atoms with E-state index in [1.165, 1.54) is 4.90 Å². The largest absolute Gasteiger partial charge is 0.467 e. The highest BCUT2D eigenvalue weighted by atomic mass is 35.5. The third-order valence-corrected chi connectivity index (χ3v) is 5.30. The molecule has 140 valence electrons. The number of carbonyl (C=O) groups excluding carboxylic acids is 2. The molecule has 2 saturated heterocycles. The standard InChI is InChI=1S/C21H15ClN2O4/c22-13-8-10-14(11-9-13)23-20(25)17-18(16-7-4-12-27-16)24(28-19(17)21(23)26)15-5-2-1-3-6-15/h1-12,17-19H/t17-,18+,19+/m0/s1. The van der Waals surface area contributed by atoms with E-state index in [1.54, 1.807) is 47.7 Å². The van der Waals surface area contributed by atoms with Gasteiger partial charge in [0.1, 0.15) is 17.7 Å². The van der Waals surface area contributed by atoms with Crippen LogP contribution in [0.25, 0.3) is 0 Å². The fraction of sp³-hybridized carbons (Fsp3) is 0.143. The molecule has 3 atom stereocenters. The summed E-state index contributed by atoms with van der Waals surface area (Å²) in [5.41, 5.74) is 1.22. The summed E-state index contributed by atoms with van der Waals surface area (Å²) in [5, 5.41) is 2.13. The van der Waals surface area contributed by atoms with Gasteiger partial charge in [-0.25, -0.2) is 9.96 Å². The fourth-order valence-electron chi connectivity index (χ4n) is 3.81. The average Bonchev–Trinajstić information content (AvgIpc) is 3.42. The van der Waals surface area contributed by atoms with Crippen LogP contribution in [-0.2, 0) is 14.4 Å². The molecule has 5 rings (SSSR count). The molecule has 0 bridgehead atoms. The molecule has 0 saturated carbocycles. The minimum atomic E-state index is -0.918. The highest BCUT2D eigenvalue weighted by Gasteiger charge is 2.61. The van der Waals surface area contributed by atoms with Gasteiger partial charge >= 0.3 is 0 Å². The summed E-state index contributed by atoms with van der Waals surface area (Å²) in [4.78, 5) is 33.5. The molecule has 0 radical (unpaired) electrons. The molecule has 3 aromatic rings. The van der Waals surface area contributed by atoms with Crippen molar-refractivity contribution in [3.63, 3.8) is 0 Å². The monoisotopic (exact) mass is 394 g/mol. The molecule has 2 amide bonds. The molecule has 2 aromatic carbocycles. The Hall–Kier alpha value is -3.09. The van der Waals surface area contributed by atoms with Gasteiger partial charge in [0.05, 0.1) is 17.6 Å². The first-order chi connectivity index (χ1) is 13.6. The van der Waals surface area contributed by atoms with Crippen molar-refractivity contribution in [3.05, 3.63) is 83.8 Å². The van der Waals surface area contributed by atoms with E-state index >= 15 is 0 Å². The van der Waals surface area contributed by atoms with Crippen LogP contribution < -0.4 is 9.96 Å². The summed E-state index contributed by atoms with van der Waals surface area (Å²) < 4.78 is 5.60. The highest BCUT2D eigenvalue weighted by Crippen LogP contribution is 2.47. The molecule has 3 heterocycles. The van der Waals surface area contributed by atoms with E-state index in [1.807, 2.05) is 30.3 Å². The van der Waals surface area contributed by atoms with Crippen molar-refractivity contribution in [2.45, 2.75) is 12.1 Å². The van der Waals surface area contributed by atoms with Crippen LogP contribution in [0, 0.1) is 5.92 Å². The van der Waals surface area contributed by atoms with Gasteiger partial charge in [0.25, 0.3) is 5.91 Å². The Labute approximate surface area is 165 Å². The van der Waals surface area contributed by atoms with Crippen molar-refractivity contribution in [1.82, 2.24) is 0 Å². The van der Waals surface area contributed by atoms with Gasteiger partial charge in [0.15, 0.2) is 6.10 Å². The normalized spacial score (nSPS) is 24.1. The lowest BCUT2D eigenvalue weighted by molar-refractivity contribution is -0.126. The summed E-state index contributed by atoms with van der Waals surface area (Å²) in [6.07, 6.45) is 0.628. The van der Waals surface area contributed by atoms with E-state index < -0.39 is 24.0 Å². The third kappa shape index (κ3) is 2.53. The first-order valence-electron chi connectivity index (χ1n) is 8.83. The summed E-state index contributed by atoms with van der Waals surface area (Å²) >= 11 is 5.93. The van der Waals surface area contributed by atoms with E-state index in [2.05, 4.69) is 0 Å². The van der Waals surface area contributed by atoms with Crippen molar-refractivity contribution in [3.8, 4) is 0 Å². The lowest BCUT2D eigenvalue weighted by Crippen LogP contribution is -2.37. The number of halogens is 1. The maximum Gasteiger partial charge on any atom is 0.266 e. The van der Waals surface area contributed by atoms with Gasteiger partial charge in [0.2, 0.25) is 5.91 Å². The second-order valence-corrected chi connectivity index (χ2v) is 7.10. The Kier molecular flexibility index (Phi) is 3.96. The number of hydrogen-bond acceptors (Lipinski definition) is 5. The Bertz CT molecular complexity index is 1020. The second-order valence-electron chi connectivity index (χ2n) is 6.66. The lowest BCUT2D eigenvalue weighted by atomic mass is 9.94. The van der Waals surface area contributed by atoms with Crippen LogP contribution in [0.4, 0.5) is 11.4 Å². The summed E-state index contributed by atoms with van der Waals surface area (Å²) in [7, 11) is 0. The van der Waals surface area contributed by atoms with Gasteiger partial charge in [-0.2, -0.15) is 0 Å². The van der Waals surface area contributed by atoms with Gasteiger partial charge in [-0.3, -0.25) is 14.4 Å². The number of anilines is 2. The van der Waals surface area contributed by atoms with Gasteiger partial charge in [-0.15, -0.1) is 0 Å². The van der Waals surface area contributed by atoms with Crippen molar-refractivity contribution in [2.24, 2.45) is 5.92 Å². The number of furan rings is 1. The van der Waals surface area contributed by atoms with Crippen LogP contribution in [0.15, 0.2) is 77.4 Å². The van der Waals surface area contributed by atoms with Crippen molar-refractivity contribution in [2.75, 3.05) is 9.96 Å². The summed E-state index contributed by atoms with van der Waals surface area (Å²) in [6, 6.07) is 18.9. The number of benzene rings is 2. The minimum absolute atomic E-state index is 0.322. The molecule has 2 fully saturated rings. The van der Waals surface area contributed by atoms with Gasteiger partial charge in [0, 0.05) is 5.02 Å². The van der Waals surface area contributed by atoms with Crippen molar-refractivity contribution < 1.29 is 18.8 Å². The van der Waals surface area contributed by atoms with Crippen LogP contribution in [0.3, 0.4) is 0 Å². The van der Waals surface area contributed by atoms with Gasteiger partial charge < -0.3 is 4.42 Å². The maximum absolute atomic E-state index is 13.3. The fourth-order valence-corrected chi connectivity index (χ4v) is 3.93. The second kappa shape index (κ2) is 6.51. The maximum atomic E-state index is 13.3. The van der Waals surface area contributed by atoms with E-state index in [0.29, 0.717) is 16.5 Å². The predicted octanol–water partition coefficient (Wildman–Crippen LogP) is 3.98. The number of imide groups is 1. The average molecular weight is 395 g/mol. The molecular formula is C21H15ClN2O4. The van der Waals surface area contributed by atoms with Crippen molar-refractivity contribution in [1.29, 1.82) is 0 Å². The van der Waals surface area contributed by atoms with Crippen LogP contribution in [0.2, 0.25) is 5.02 Å². The zero-order valence-corrected chi connectivity index (χ0v) is 15.3. The van der Waals surface area contributed by atoms with Crippen LogP contribution in [0.1, 0.15) is 11.8 Å². The number of carbonyl (C=O) groups is 2. The van der Waals surface area contributed by atoms with E-state index in [4.69, 9.17) is 20.9 Å². The number of hydrogen-bond donors (Lipinski definition) is 0. The zero-order valence-electron chi connectivity index (χ0n) is 14.6. The van der Waals surface area contributed by atoms with E-state index in [0.717, 1.165) is 5.69 Å². The minimum Gasteiger partial charge on any atom is -0.467 e. The number of para-hydroxylation sites is 1. The Morgan fingerprint density at radius 1 is 0.821 bits per heavy atom. The lowest BCUT2D eigenvalue weighted by Gasteiger charge is -2.27. The topological polar surface area (TPSA) is 63.0 Å². The van der Waals surface area contributed by atoms with E-state index in [9.17, 15) is 9.59 Å². The SMILES string of the molecule is O=C1[C@H]2[C@@H](c3ccco3)N(c3ccccc3)O[C@H]2C(=O)N1c1ccc(Cl)cc1. The molecule has 2 aliphatic rings. The number of rotatable bonds is 3. The molecule has 2 aliphatic heterocycles. The van der Waals surface area contributed by atoms with Crippen LogP contribution in [0.5, 0.6) is 0 Å². The van der Waals surface area contributed by atoms with Crippen molar-refractivity contribution >= 4 is 34.8 Å². The Morgan fingerprint density at radius 3 is 2.25 bits per heavy atom. The first kappa shape index (κ1) is 17.0. The highest BCUT2D eigenvalue weighted by molar-refractivity contribution is 6.31. The molecule has 0 unspecified atom stereocenters. The van der Waals surface area contributed by atoms with Gasteiger partial charge in [-0.05, 0) is 48.5 Å². The number of amides is 2. The van der Waals surface area contributed by atoms with Gasteiger partial charge in [-0.1, -0.05) is 29.8 Å². The zero-order chi connectivity index (χ0) is 19.3. The molecule has 0 aliphatic carbocycles. The number of fused-ring (bicyclic) bond motifs is 1. The van der Waals surface area contributed by atoms with Crippen LogP contribution >= 0.6 is 11.6 Å². The van der Waals surface area contributed by atoms with E-state index in [-0.39, 0.29) is 5.91 Å². The molecule has 7 heteroatoms. The Morgan fingerprint density at radius 2 is 1.57 bits per heavy atom. The molecule has 0 N–H and O–H groups in total. The molecule has 1 aromatic heterocycles. The molecule has 28 heavy (non-hydrogen) atoms. The summed E-state index contributed by atoms with van der Waals surface area (Å²) in [6.45, 7) is 0.